The number of allylic oxidation sites excluding steroid dienone is 2. The van der Waals surface area contributed by atoms with Crippen LogP contribution in [0.15, 0.2) is 11.6 Å². The highest BCUT2D eigenvalue weighted by atomic mass is 16.6. The Hall–Kier alpha value is -1.43. The Kier molecular flexibility index (Phi) is 8.29. The normalized spacial score (nSPS) is 43.1. The summed E-state index contributed by atoms with van der Waals surface area (Å²) in [6.07, 6.45) is 19.4. The molecular weight excluding hydrogens is 440 g/mol. The van der Waals surface area contributed by atoms with E-state index in [0.29, 0.717) is 18.4 Å². The SMILES string of the molecule is CC=C1C[C@H]2CCC[C@@H]12.CC[C@@]1(C[N+](=O)[O-])C[C@H]2CCC[C@H]21.NC[C@]1(CC(=O)O)C[C@H]2CCC[C@H]21. The summed E-state index contributed by atoms with van der Waals surface area (Å²) < 4.78 is 0. The molecule has 35 heavy (non-hydrogen) atoms. The molecule has 6 aliphatic rings. The lowest BCUT2D eigenvalue weighted by molar-refractivity contribution is -0.507. The van der Waals surface area contributed by atoms with Crippen LogP contribution >= 0.6 is 0 Å². The molecule has 0 heterocycles. The van der Waals surface area contributed by atoms with E-state index in [-0.39, 0.29) is 28.7 Å². The summed E-state index contributed by atoms with van der Waals surface area (Å²) in [7, 11) is 0. The number of hydrogen-bond acceptors (Lipinski definition) is 4. The standard InChI is InChI=1S/2C10H17NO2.C9H14/c1-2-10(7-11(12)13)6-8-4-3-5-9(8)10;11-6-10(5-9(12)13)4-7-2-1-3-8(7)10;1-2-7-6-8-4-3-5-9(7)8/h8-9H,2-7H2,1H3;7-8H,1-6,11H2,(H,12,13);2,8-9H,3-6H2,1H3/t8-,9-,10+;7-,8-,10-;8-,9+/m111/s1. The minimum Gasteiger partial charge on any atom is -0.481 e. The van der Waals surface area contributed by atoms with Crippen molar-refractivity contribution in [3.63, 3.8) is 0 Å². The van der Waals surface area contributed by atoms with Crippen LogP contribution in [0, 0.1) is 56.5 Å². The number of rotatable bonds is 6. The zero-order valence-electron chi connectivity index (χ0n) is 22.1. The maximum atomic E-state index is 10.7. The summed E-state index contributed by atoms with van der Waals surface area (Å²) in [6.45, 7) is 5.06. The molecule has 0 spiro atoms. The molecule has 3 N–H and O–H groups in total. The maximum Gasteiger partial charge on any atom is 0.303 e. The minimum absolute atomic E-state index is 0.0347. The van der Waals surface area contributed by atoms with E-state index < -0.39 is 5.97 Å². The number of nitrogens with two attached hydrogens (primary N) is 1. The van der Waals surface area contributed by atoms with Crippen LogP contribution in [0.25, 0.3) is 0 Å². The molecular formula is C29H48N2O4. The van der Waals surface area contributed by atoms with Gasteiger partial charge < -0.3 is 10.8 Å². The Balaban J connectivity index is 0.000000126. The summed E-state index contributed by atoms with van der Waals surface area (Å²) in [4.78, 5) is 21.1. The van der Waals surface area contributed by atoms with E-state index in [2.05, 4.69) is 19.9 Å². The molecule has 6 nitrogen and oxygen atoms in total. The van der Waals surface area contributed by atoms with Gasteiger partial charge in [0.2, 0.25) is 6.54 Å². The highest BCUT2D eigenvalue weighted by molar-refractivity contribution is 5.68. The van der Waals surface area contributed by atoms with Gasteiger partial charge in [0.15, 0.2) is 0 Å². The molecule has 0 radical (unpaired) electrons. The first-order valence-corrected chi connectivity index (χ1v) is 14.5. The molecule has 6 heteroatoms. The molecule has 198 valence electrons. The van der Waals surface area contributed by atoms with E-state index in [1.165, 1.54) is 64.2 Å². The largest absolute Gasteiger partial charge is 0.481 e. The van der Waals surface area contributed by atoms with Gasteiger partial charge in [-0.1, -0.05) is 50.7 Å². The van der Waals surface area contributed by atoms with Gasteiger partial charge in [0.05, 0.1) is 6.42 Å². The third-order valence-corrected chi connectivity index (χ3v) is 11.3. The number of nitrogens with zero attached hydrogens (tertiary/aromatic N) is 1. The van der Waals surface area contributed by atoms with Gasteiger partial charge in [0.1, 0.15) is 0 Å². The van der Waals surface area contributed by atoms with E-state index in [4.69, 9.17) is 10.8 Å². The third kappa shape index (κ3) is 5.19. The lowest BCUT2D eigenvalue weighted by atomic mass is 9.53. The third-order valence-electron chi connectivity index (χ3n) is 11.3. The van der Waals surface area contributed by atoms with Crippen LogP contribution < -0.4 is 5.73 Å². The molecule has 6 fully saturated rings. The second kappa shape index (κ2) is 10.9. The molecule has 0 unspecified atom stereocenters. The second-order valence-electron chi connectivity index (χ2n) is 12.7. The van der Waals surface area contributed by atoms with Gasteiger partial charge in [0.25, 0.3) is 0 Å². The zero-order valence-corrected chi connectivity index (χ0v) is 22.1. The van der Waals surface area contributed by atoms with Crippen LogP contribution in [0.4, 0.5) is 0 Å². The van der Waals surface area contributed by atoms with Crippen molar-refractivity contribution in [1.82, 2.24) is 0 Å². The van der Waals surface area contributed by atoms with Gasteiger partial charge in [-0.05, 0) is 106 Å². The van der Waals surface area contributed by atoms with E-state index in [1.54, 1.807) is 5.57 Å². The first kappa shape index (κ1) is 26.6. The molecule has 0 aromatic rings. The van der Waals surface area contributed by atoms with Gasteiger partial charge in [-0.25, -0.2) is 0 Å². The van der Waals surface area contributed by atoms with Crippen molar-refractivity contribution in [1.29, 1.82) is 0 Å². The summed E-state index contributed by atoms with van der Waals surface area (Å²) in [5.74, 6) is 4.39. The van der Waals surface area contributed by atoms with Crippen molar-refractivity contribution in [2.75, 3.05) is 13.1 Å². The van der Waals surface area contributed by atoms with Crippen molar-refractivity contribution < 1.29 is 14.8 Å². The number of carboxylic acids is 1. The molecule has 6 saturated carbocycles. The Labute approximate surface area is 211 Å². The van der Waals surface area contributed by atoms with Crippen LogP contribution in [0.1, 0.15) is 104 Å². The van der Waals surface area contributed by atoms with Crippen molar-refractivity contribution >= 4 is 5.97 Å². The highest BCUT2D eigenvalue weighted by Crippen LogP contribution is 2.61. The monoisotopic (exact) mass is 488 g/mol. The Morgan fingerprint density at radius 3 is 2.09 bits per heavy atom. The molecule has 6 rings (SSSR count). The average Bonchev–Trinajstić information content (AvgIpc) is 3.49. The summed E-state index contributed by atoms with van der Waals surface area (Å²) in [6, 6.07) is 0. The quantitative estimate of drug-likeness (QED) is 0.253. The number of fused-ring (bicyclic) bond motifs is 3. The Morgan fingerprint density at radius 2 is 1.60 bits per heavy atom. The number of hydrogen-bond donors (Lipinski definition) is 2. The lowest BCUT2D eigenvalue weighted by Crippen LogP contribution is -2.51. The van der Waals surface area contributed by atoms with Crippen LogP contribution in [-0.4, -0.2) is 29.1 Å². The van der Waals surface area contributed by atoms with Crippen LogP contribution in [-0.2, 0) is 4.79 Å². The van der Waals surface area contributed by atoms with Gasteiger partial charge in [-0.2, -0.15) is 0 Å². The van der Waals surface area contributed by atoms with E-state index >= 15 is 0 Å². The molecule has 0 aromatic carbocycles. The molecule has 0 aromatic heterocycles. The van der Waals surface area contributed by atoms with Gasteiger partial charge in [-0.3, -0.25) is 14.9 Å². The Morgan fingerprint density at radius 1 is 1.03 bits per heavy atom. The van der Waals surface area contributed by atoms with Crippen molar-refractivity contribution in [3.05, 3.63) is 21.8 Å². The summed E-state index contributed by atoms with van der Waals surface area (Å²) in [5, 5.41) is 19.4. The van der Waals surface area contributed by atoms with Gasteiger partial charge in [-0.15, -0.1) is 0 Å². The Bertz CT molecular complexity index is 765. The highest BCUT2D eigenvalue weighted by Gasteiger charge is 2.57. The van der Waals surface area contributed by atoms with Crippen LogP contribution in [0.2, 0.25) is 0 Å². The number of aliphatic carboxylic acids is 1. The minimum atomic E-state index is -0.684. The number of carbonyl (C=O) groups is 1. The van der Waals surface area contributed by atoms with Crippen LogP contribution in [0.3, 0.4) is 0 Å². The number of nitro groups is 1. The molecule has 0 bridgehead atoms. The van der Waals surface area contributed by atoms with E-state index in [9.17, 15) is 14.9 Å². The lowest BCUT2D eigenvalue weighted by Gasteiger charge is -2.51. The van der Waals surface area contributed by atoms with Crippen molar-refractivity contribution in [2.45, 2.75) is 104 Å². The maximum absolute atomic E-state index is 10.7. The molecule has 6 aliphatic carbocycles. The van der Waals surface area contributed by atoms with Crippen molar-refractivity contribution in [2.24, 2.45) is 52.1 Å². The topological polar surface area (TPSA) is 106 Å². The molecule has 0 amide bonds. The second-order valence-corrected chi connectivity index (χ2v) is 12.7. The predicted octanol–water partition coefficient (Wildman–Crippen LogP) is 6.46. The predicted molar refractivity (Wildman–Crippen MR) is 138 cm³/mol. The fourth-order valence-electron chi connectivity index (χ4n) is 9.36. The summed E-state index contributed by atoms with van der Waals surface area (Å²) >= 11 is 0. The average molecular weight is 489 g/mol. The van der Waals surface area contributed by atoms with Gasteiger partial charge >= 0.3 is 5.97 Å². The fourth-order valence-corrected chi connectivity index (χ4v) is 9.36. The van der Waals surface area contributed by atoms with E-state index in [0.717, 1.165) is 42.9 Å². The zero-order chi connectivity index (χ0) is 25.2. The van der Waals surface area contributed by atoms with E-state index in [1.807, 2.05) is 0 Å². The molecule has 0 saturated heterocycles. The smallest absolute Gasteiger partial charge is 0.303 e. The summed E-state index contributed by atoms with van der Waals surface area (Å²) in [5.41, 5.74) is 7.51. The van der Waals surface area contributed by atoms with Crippen LogP contribution in [0.5, 0.6) is 0 Å². The molecule has 0 aliphatic heterocycles. The fraction of sp³-hybridized carbons (Fsp3) is 0.897. The van der Waals surface area contributed by atoms with Crippen molar-refractivity contribution in [3.8, 4) is 0 Å². The van der Waals surface area contributed by atoms with Gasteiger partial charge in [0, 0.05) is 10.3 Å². The first-order valence-electron chi connectivity index (χ1n) is 14.5. The molecule has 8 atom stereocenters. The number of carboxylic acid groups (broad SMARTS) is 1. The first-order chi connectivity index (χ1) is 16.8.